The lowest BCUT2D eigenvalue weighted by atomic mass is 9.94. The number of likely N-dealkylation sites (tertiary alicyclic amines) is 1. The largest absolute Gasteiger partial charge is 0.507 e. The van der Waals surface area contributed by atoms with Gasteiger partial charge in [-0.3, -0.25) is 4.90 Å². The molecule has 5 rings (SSSR count). The van der Waals surface area contributed by atoms with Crippen LogP contribution in [0.2, 0.25) is 0 Å². The van der Waals surface area contributed by atoms with E-state index < -0.39 is 0 Å². The molecule has 0 aliphatic carbocycles. The molecule has 0 bridgehead atoms. The number of hydrogen-bond acceptors (Lipinski definition) is 7. The van der Waals surface area contributed by atoms with Crippen molar-refractivity contribution in [2.45, 2.75) is 44.7 Å². The molecule has 1 N–H and O–H groups in total. The van der Waals surface area contributed by atoms with E-state index in [4.69, 9.17) is 10.00 Å². The number of fused-ring (bicyclic) bond motifs is 1. The summed E-state index contributed by atoms with van der Waals surface area (Å²) in [5.74, 6) is 1.08. The van der Waals surface area contributed by atoms with Crippen molar-refractivity contribution in [2.75, 3.05) is 37.7 Å². The van der Waals surface area contributed by atoms with Crippen molar-refractivity contribution >= 4 is 5.82 Å². The first-order chi connectivity index (χ1) is 14.7. The Hall–Kier alpha value is -2.69. The number of aromatic nitrogens is 2. The number of piperidine rings is 1. The molecule has 30 heavy (non-hydrogen) atoms. The molecular formula is C23H27N5O2. The minimum Gasteiger partial charge on any atom is -0.507 e. The van der Waals surface area contributed by atoms with Gasteiger partial charge in [0.2, 0.25) is 0 Å². The molecule has 0 radical (unpaired) electrons. The van der Waals surface area contributed by atoms with Crippen molar-refractivity contribution in [1.82, 2.24) is 15.1 Å². The van der Waals surface area contributed by atoms with E-state index in [0.29, 0.717) is 28.9 Å². The van der Waals surface area contributed by atoms with Crippen molar-refractivity contribution < 1.29 is 9.84 Å². The summed E-state index contributed by atoms with van der Waals surface area (Å²) < 4.78 is 5.40. The van der Waals surface area contributed by atoms with Crippen LogP contribution in [0.5, 0.6) is 5.75 Å². The van der Waals surface area contributed by atoms with E-state index in [9.17, 15) is 5.11 Å². The van der Waals surface area contributed by atoms with Crippen LogP contribution < -0.4 is 4.90 Å². The Kier molecular flexibility index (Phi) is 5.05. The lowest BCUT2D eigenvalue weighted by molar-refractivity contribution is -0.0721. The molecule has 0 spiro atoms. The maximum Gasteiger partial charge on any atom is 0.155 e. The predicted molar refractivity (Wildman–Crippen MR) is 113 cm³/mol. The summed E-state index contributed by atoms with van der Waals surface area (Å²) in [5.41, 5.74) is 4.08. The van der Waals surface area contributed by atoms with Crippen LogP contribution in [-0.2, 0) is 11.2 Å². The first-order valence-electron chi connectivity index (χ1n) is 10.8. The first-order valence-corrected chi connectivity index (χ1v) is 10.8. The van der Waals surface area contributed by atoms with Gasteiger partial charge in [-0.1, -0.05) is 0 Å². The third-order valence-electron chi connectivity index (χ3n) is 6.81. The third kappa shape index (κ3) is 3.30. The monoisotopic (exact) mass is 405 g/mol. The van der Waals surface area contributed by atoms with Gasteiger partial charge in [0.1, 0.15) is 5.75 Å². The number of phenolic OH excluding ortho intramolecular Hbond substituents is 1. The summed E-state index contributed by atoms with van der Waals surface area (Å²) >= 11 is 0. The highest BCUT2D eigenvalue weighted by Gasteiger charge is 2.35. The molecule has 0 unspecified atom stereocenters. The van der Waals surface area contributed by atoms with Gasteiger partial charge in [-0.25, -0.2) is 0 Å². The number of nitriles is 1. The zero-order chi connectivity index (χ0) is 20.7. The van der Waals surface area contributed by atoms with Gasteiger partial charge < -0.3 is 14.7 Å². The average molecular weight is 406 g/mol. The molecule has 7 nitrogen and oxygen atoms in total. The Morgan fingerprint density at radius 1 is 1.17 bits per heavy atom. The Morgan fingerprint density at radius 3 is 2.77 bits per heavy atom. The van der Waals surface area contributed by atoms with Crippen molar-refractivity contribution in [3.63, 3.8) is 0 Å². The first kappa shape index (κ1) is 19.3. The van der Waals surface area contributed by atoms with E-state index in [0.717, 1.165) is 57.1 Å². The Balaban J connectivity index is 1.45. The van der Waals surface area contributed by atoms with E-state index in [1.165, 1.54) is 24.5 Å². The van der Waals surface area contributed by atoms with Crippen LogP contribution in [0.4, 0.5) is 5.82 Å². The molecule has 4 heterocycles. The van der Waals surface area contributed by atoms with Gasteiger partial charge in [0.25, 0.3) is 0 Å². The standard InChI is InChI=1S/C23H27N5O2/c1-15-19-5-3-9-28(17-4-2-8-27(12-17)18-13-30-14-18)23(19)26-25-22(15)20-7-6-16(11-24)10-21(20)29/h6-7,10,17-18,29H,2-5,8-9,12-14H2,1H3/t17-/m0/s1. The van der Waals surface area contributed by atoms with Crippen LogP contribution in [0.1, 0.15) is 36.0 Å². The fourth-order valence-electron chi connectivity index (χ4n) is 5.02. The minimum absolute atomic E-state index is 0.0738. The van der Waals surface area contributed by atoms with Gasteiger partial charge in [0.15, 0.2) is 5.82 Å². The third-order valence-corrected chi connectivity index (χ3v) is 6.81. The molecular weight excluding hydrogens is 378 g/mol. The van der Waals surface area contributed by atoms with E-state index in [1.54, 1.807) is 12.1 Å². The summed E-state index contributed by atoms with van der Waals surface area (Å²) in [7, 11) is 0. The van der Waals surface area contributed by atoms with Crippen LogP contribution in [0.25, 0.3) is 11.3 Å². The van der Waals surface area contributed by atoms with Crippen LogP contribution in [0, 0.1) is 18.3 Å². The van der Waals surface area contributed by atoms with Crippen molar-refractivity contribution in [3.8, 4) is 23.1 Å². The minimum atomic E-state index is 0.0738. The molecule has 0 saturated carbocycles. The number of benzene rings is 1. The molecule has 156 valence electrons. The molecule has 2 fully saturated rings. The van der Waals surface area contributed by atoms with Gasteiger partial charge in [-0.05, 0) is 62.9 Å². The maximum absolute atomic E-state index is 10.4. The molecule has 0 amide bonds. The Morgan fingerprint density at radius 2 is 2.03 bits per heavy atom. The average Bonchev–Trinajstić information content (AvgIpc) is 2.73. The quantitative estimate of drug-likeness (QED) is 0.840. The van der Waals surface area contributed by atoms with Gasteiger partial charge in [-0.15, -0.1) is 10.2 Å². The Bertz CT molecular complexity index is 998. The lowest BCUT2D eigenvalue weighted by Crippen LogP contribution is -2.57. The molecule has 1 aromatic carbocycles. The Labute approximate surface area is 176 Å². The molecule has 3 aliphatic heterocycles. The number of nitrogens with zero attached hydrogens (tertiary/aromatic N) is 5. The van der Waals surface area contributed by atoms with Crippen LogP contribution >= 0.6 is 0 Å². The van der Waals surface area contributed by atoms with Gasteiger partial charge in [-0.2, -0.15) is 5.26 Å². The zero-order valence-electron chi connectivity index (χ0n) is 17.3. The zero-order valence-corrected chi connectivity index (χ0v) is 17.3. The van der Waals surface area contributed by atoms with Crippen molar-refractivity contribution in [3.05, 3.63) is 34.9 Å². The van der Waals surface area contributed by atoms with Crippen LogP contribution in [0.15, 0.2) is 18.2 Å². The molecule has 3 aliphatic rings. The predicted octanol–water partition coefficient (Wildman–Crippen LogP) is 2.65. The highest BCUT2D eigenvalue weighted by atomic mass is 16.5. The molecule has 2 aromatic rings. The number of phenols is 1. The molecule has 2 saturated heterocycles. The van der Waals surface area contributed by atoms with E-state index in [2.05, 4.69) is 33.0 Å². The van der Waals surface area contributed by atoms with Crippen molar-refractivity contribution in [2.24, 2.45) is 0 Å². The van der Waals surface area contributed by atoms with Crippen molar-refractivity contribution in [1.29, 1.82) is 5.26 Å². The van der Waals surface area contributed by atoms with E-state index >= 15 is 0 Å². The second kappa shape index (κ2) is 7.86. The summed E-state index contributed by atoms with van der Waals surface area (Å²) in [6, 6.07) is 8.06. The van der Waals surface area contributed by atoms with Gasteiger partial charge in [0, 0.05) is 30.3 Å². The maximum atomic E-state index is 10.4. The second-order valence-electron chi connectivity index (χ2n) is 8.60. The van der Waals surface area contributed by atoms with E-state index in [1.807, 2.05) is 0 Å². The fraction of sp³-hybridized carbons (Fsp3) is 0.522. The topological polar surface area (TPSA) is 85.5 Å². The molecule has 7 heteroatoms. The van der Waals surface area contributed by atoms with Gasteiger partial charge >= 0.3 is 0 Å². The molecule has 1 aromatic heterocycles. The summed E-state index contributed by atoms with van der Waals surface area (Å²) in [5, 5.41) is 28.7. The highest BCUT2D eigenvalue weighted by molar-refractivity contribution is 5.73. The van der Waals surface area contributed by atoms with E-state index in [-0.39, 0.29) is 5.75 Å². The second-order valence-corrected chi connectivity index (χ2v) is 8.60. The summed E-state index contributed by atoms with van der Waals surface area (Å²) in [4.78, 5) is 5.04. The lowest BCUT2D eigenvalue weighted by Gasteiger charge is -2.46. The van der Waals surface area contributed by atoms with Crippen LogP contribution in [0.3, 0.4) is 0 Å². The molecule has 1 atom stereocenters. The smallest absolute Gasteiger partial charge is 0.155 e. The SMILES string of the molecule is Cc1c(-c2ccc(C#N)cc2O)nnc2c1CCCN2[C@H]1CCCN(C2COC2)C1. The summed E-state index contributed by atoms with van der Waals surface area (Å²) in [6.07, 6.45) is 4.46. The summed E-state index contributed by atoms with van der Waals surface area (Å²) in [6.45, 7) is 7.03. The normalized spacial score (nSPS) is 22.3. The number of hydrogen-bond donors (Lipinski definition) is 1. The number of anilines is 1. The number of aromatic hydroxyl groups is 1. The highest BCUT2D eigenvalue weighted by Crippen LogP contribution is 2.37. The number of ether oxygens (including phenoxy) is 1. The number of rotatable bonds is 3. The fourth-order valence-corrected chi connectivity index (χ4v) is 5.02. The van der Waals surface area contributed by atoms with Crippen LogP contribution in [-0.4, -0.2) is 65.1 Å². The van der Waals surface area contributed by atoms with Gasteiger partial charge in [0.05, 0.1) is 36.6 Å².